The predicted molar refractivity (Wildman–Crippen MR) is 109 cm³/mol. The van der Waals surface area contributed by atoms with Crippen LogP contribution >= 0.6 is 0 Å². The van der Waals surface area contributed by atoms with Gasteiger partial charge in [0.15, 0.2) is 5.76 Å². The molecule has 3 aromatic rings. The first kappa shape index (κ1) is 19.1. The van der Waals surface area contributed by atoms with E-state index in [1.807, 2.05) is 54.6 Å². The van der Waals surface area contributed by atoms with Crippen LogP contribution in [0.4, 0.5) is 0 Å². The third-order valence-corrected chi connectivity index (χ3v) is 5.40. The topological polar surface area (TPSA) is 73.6 Å². The summed E-state index contributed by atoms with van der Waals surface area (Å²) in [5.74, 6) is 2.22. The van der Waals surface area contributed by atoms with E-state index in [0.717, 1.165) is 41.9 Å². The number of benzene rings is 2. The molecule has 6 nitrogen and oxygen atoms in total. The van der Waals surface area contributed by atoms with Gasteiger partial charge in [-0.3, -0.25) is 4.79 Å². The molecule has 1 aliphatic rings. The van der Waals surface area contributed by atoms with Crippen LogP contribution in [0.15, 0.2) is 59.1 Å². The summed E-state index contributed by atoms with van der Waals surface area (Å²) in [6, 6.07) is 17.3. The summed E-state index contributed by atoms with van der Waals surface area (Å²) < 4.78 is 16.0. The van der Waals surface area contributed by atoms with Crippen LogP contribution in [0.5, 0.6) is 11.5 Å². The maximum absolute atomic E-state index is 12.8. The van der Waals surface area contributed by atoms with Gasteiger partial charge in [0.1, 0.15) is 11.5 Å². The third kappa shape index (κ3) is 3.97. The zero-order valence-electron chi connectivity index (χ0n) is 16.6. The van der Waals surface area contributed by atoms with Crippen molar-refractivity contribution in [2.45, 2.75) is 24.7 Å². The van der Waals surface area contributed by atoms with Gasteiger partial charge in [-0.05, 0) is 49.1 Å². The molecule has 29 heavy (non-hydrogen) atoms. The minimum absolute atomic E-state index is 0.0107. The Kier molecular flexibility index (Phi) is 5.25. The van der Waals surface area contributed by atoms with Gasteiger partial charge in [-0.15, -0.1) is 0 Å². The molecule has 2 aromatic carbocycles. The Balaban J connectivity index is 1.39. The van der Waals surface area contributed by atoms with E-state index in [0.29, 0.717) is 18.0 Å². The Hall–Kier alpha value is -3.28. The Bertz CT molecular complexity index is 990. The zero-order chi connectivity index (χ0) is 20.3. The van der Waals surface area contributed by atoms with Crippen molar-refractivity contribution >= 4 is 5.91 Å². The molecule has 1 aromatic heterocycles. The van der Waals surface area contributed by atoms with Crippen molar-refractivity contribution in [2.75, 3.05) is 20.8 Å². The van der Waals surface area contributed by atoms with E-state index in [4.69, 9.17) is 14.0 Å². The minimum Gasteiger partial charge on any atom is -0.497 e. The van der Waals surface area contributed by atoms with Crippen LogP contribution in [0.2, 0.25) is 0 Å². The van der Waals surface area contributed by atoms with Crippen LogP contribution in [0.3, 0.4) is 0 Å². The number of hydrogen-bond donors (Lipinski definition) is 1. The summed E-state index contributed by atoms with van der Waals surface area (Å²) in [5.41, 5.74) is 2.15. The number of aromatic nitrogens is 1. The van der Waals surface area contributed by atoms with Crippen molar-refractivity contribution in [1.82, 2.24) is 10.5 Å². The maximum Gasteiger partial charge on any atom is 0.232 e. The van der Waals surface area contributed by atoms with E-state index in [2.05, 4.69) is 10.5 Å². The molecule has 1 fully saturated rings. The standard InChI is InChI=1S/C23H24N2O4/c1-27-18-8-6-16(7-9-18)10-13-24-22(26)23(11-12-23)21-15-20(29-25-21)17-4-3-5-19(14-17)28-2/h3-9,14-15H,10-13H2,1-2H3,(H,24,26). The normalized spacial score (nSPS) is 14.3. The molecular formula is C23H24N2O4. The Morgan fingerprint density at radius 1 is 1.07 bits per heavy atom. The van der Waals surface area contributed by atoms with Crippen LogP contribution in [-0.2, 0) is 16.6 Å². The number of methoxy groups -OCH3 is 2. The first-order chi connectivity index (χ1) is 14.1. The van der Waals surface area contributed by atoms with E-state index in [1.165, 1.54) is 0 Å². The Morgan fingerprint density at radius 2 is 1.83 bits per heavy atom. The van der Waals surface area contributed by atoms with Crippen molar-refractivity contribution in [3.05, 3.63) is 65.9 Å². The van der Waals surface area contributed by atoms with Gasteiger partial charge in [-0.25, -0.2) is 0 Å². The van der Waals surface area contributed by atoms with Crippen LogP contribution in [0.1, 0.15) is 24.1 Å². The molecule has 150 valence electrons. The van der Waals surface area contributed by atoms with E-state index < -0.39 is 5.41 Å². The molecule has 1 saturated carbocycles. The molecule has 6 heteroatoms. The molecule has 0 aliphatic heterocycles. The molecule has 0 atom stereocenters. The van der Waals surface area contributed by atoms with E-state index >= 15 is 0 Å². The zero-order valence-corrected chi connectivity index (χ0v) is 16.6. The molecule has 0 spiro atoms. The first-order valence-electron chi connectivity index (χ1n) is 9.67. The Labute approximate surface area is 169 Å². The number of ether oxygens (including phenoxy) is 2. The molecule has 1 heterocycles. The summed E-state index contributed by atoms with van der Waals surface area (Å²) in [7, 11) is 3.27. The number of carbonyl (C=O) groups is 1. The van der Waals surface area contributed by atoms with Gasteiger partial charge in [-0.2, -0.15) is 0 Å². The smallest absolute Gasteiger partial charge is 0.232 e. The van der Waals surface area contributed by atoms with E-state index in [-0.39, 0.29) is 5.91 Å². The molecule has 0 saturated heterocycles. The van der Waals surface area contributed by atoms with Gasteiger partial charge >= 0.3 is 0 Å². The van der Waals surface area contributed by atoms with Crippen LogP contribution in [-0.4, -0.2) is 31.8 Å². The van der Waals surface area contributed by atoms with Crippen LogP contribution in [0, 0.1) is 0 Å². The van der Waals surface area contributed by atoms with Gasteiger partial charge in [0, 0.05) is 18.2 Å². The number of carbonyl (C=O) groups excluding carboxylic acids is 1. The summed E-state index contributed by atoms with van der Waals surface area (Å²) in [6.07, 6.45) is 2.33. The predicted octanol–water partition coefficient (Wildman–Crippen LogP) is 3.75. The van der Waals surface area contributed by atoms with Crippen LogP contribution < -0.4 is 14.8 Å². The fourth-order valence-corrected chi connectivity index (χ4v) is 3.42. The molecule has 1 aliphatic carbocycles. The van der Waals surface area contributed by atoms with Gasteiger partial charge in [-0.1, -0.05) is 29.4 Å². The Morgan fingerprint density at radius 3 is 2.52 bits per heavy atom. The lowest BCUT2D eigenvalue weighted by molar-refractivity contribution is -0.123. The molecule has 4 rings (SSSR count). The highest BCUT2D eigenvalue weighted by Gasteiger charge is 2.53. The second-order valence-corrected chi connectivity index (χ2v) is 7.24. The fourth-order valence-electron chi connectivity index (χ4n) is 3.42. The van der Waals surface area contributed by atoms with E-state index in [1.54, 1.807) is 14.2 Å². The second kappa shape index (κ2) is 7.99. The molecule has 1 N–H and O–H groups in total. The quantitative estimate of drug-likeness (QED) is 0.632. The largest absolute Gasteiger partial charge is 0.497 e. The first-order valence-corrected chi connectivity index (χ1v) is 9.67. The number of nitrogens with one attached hydrogen (secondary N) is 1. The summed E-state index contributed by atoms with van der Waals surface area (Å²) >= 11 is 0. The lowest BCUT2D eigenvalue weighted by Crippen LogP contribution is -2.36. The van der Waals surface area contributed by atoms with Crippen molar-refractivity contribution in [1.29, 1.82) is 0 Å². The number of hydrogen-bond acceptors (Lipinski definition) is 5. The van der Waals surface area contributed by atoms with Gasteiger partial charge < -0.3 is 19.3 Å². The molecule has 0 unspecified atom stereocenters. The molecular weight excluding hydrogens is 368 g/mol. The molecule has 1 amide bonds. The SMILES string of the molecule is COc1ccc(CCNC(=O)C2(c3cc(-c4cccc(OC)c4)on3)CC2)cc1. The highest BCUT2D eigenvalue weighted by Crippen LogP contribution is 2.48. The summed E-state index contributed by atoms with van der Waals surface area (Å²) in [6.45, 7) is 0.577. The second-order valence-electron chi connectivity index (χ2n) is 7.24. The number of rotatable bonds is 8. The van der Waals surface area contributed by atoms with Gasteiger partial charge in [0.25, 0.3) is 0 Å². The number of amides is 1. The summed E-state index contributed by atoms with van der Waals surface area (Å²) in [5, 5.41) is 7.25. The van der Waals surface area contributed by atoms with Crippen molar-refractivity contribution in [3.8, 4) is 22.8 Å². The summed E-state index contributed by atoms with van der Waals surface area (Å²) in [4.78, 5) is 12.8. The number of nitrogens with zero attached hydrogens (tertiary/aromatic N) is 1. The highest BCUT2D eigenvalue weighted by atomic mass is 16.5. The average molecular weight is 392 g/mol. The van der Waals surface area contributed by atoms with Crippen molar-refractivity contribution in [2.24, 2.45) is 0 Å². The fraction of sp³-hybridized carbons (Fsp3) is 0.304. The molecule has 0 radical (unpaired) electrons. The molecule has 0 bridgehead atoms. The van der Waals surface area contributed by atoms with Crippen LogP contribution in [0.25, 0.3) is 11.3 Å². The van der Waals surface area contributed by atoms with E-state index in [9.17, 15) is 4.79 Å². The maximum atomic E-state index is 12.8. The lowest BCUT2D eigenvalue weighted by atomic mass is 10.00. The monoisotopic (exact) mass is 392 g/mol. The lowest BCUT2D eigenvalue weighted by Gasteiger charge is -2.12. The average Bonchev–Trinajstić information content (AvgIpc) is 3.43. The third-order valence-electron chi connectivity index (χ3n) is 5.40. The van der Waals surface area contributed by atoms with Gasteiger partial charge in [0.2, 0.25) is 5.91 Å². The van der Waals surface area contributed by atoms with Crippen molar-refractivity contribution in [3.63, 3.8) is 0 Å². The highest BCUT2D eigenvalue weighted by molar-refractivity contribution is 5.91. The van der Waals surface area contributed by atoms with Crippen molar-refractivity contribution < 1.29 is 18.8 Å². The minimum atomic E-state index is -0.569. The van der Waals surface area contributed by atoms with Gasteiger partial charge in [0.05, 0.1) is 25.3 Å².